The molecule has 0 amide bonds. The van der Waals surface area contributed by atoms with Gasteiger partial charge in [0.05, 0.1) is 0 Å². The Morgan fingerprint density at radius 1 is 1.24 bits per heavy atom. The highest BCUT2D eigenvalue weighted by molar-refractivity contribution is 7.99. The highest BCUT2D eigenvalue weighted by Gasteiger charge is 2.10. The minimum absolute atomic E-state index is 0.555. The molecule has 17 heavy (non-hydrogen) atoms. The van der Waals surface area contributed by atoms with Crippen LogP contribution in [0.2, 0.25) is 0 Å². The fourth-order valence-electron chi connectivity index (χ4n) is 1.21. The number of hydrogen-bond acceptors (Lipinski definition) is 4. The van der Waals surface area contributed by atoms with Crippen LogP contribution in [0.3, 0.4) is 0 Å². The van der Waals surface area contributed by atoms with Crippen molar-refractivity contribution < 1.29 is 0 Å². The molecule has 1 rings (SSSR count). The number of nitrogens with one attached hydrogen (secondary N) is 1. The molecule has 1 unspecified atom stereocenters. The fourth-order valence-corrected chi connectivity index (χ4v) is 2.04. The Morgan fingerprint density at radius 2 is 1.88 bits per heavy atom. The molecule has 3 nitrogen and oxygen atoms in total. The summed E-state index contributed by atoms with van der Waals surface area (Å²) in [7, 11) is 0. The van der Waals surface area contributed by atoms with Crippen molar-refractivity contribution >= 4 is 11.8 Å². The van der Waals surface area contributed by atoms with Crippen LogP contribution in [0, 0.1) is 5.92 Å². The molecule has 0 fully saturated rings. The Bertz CT molecular complexity index is 311. The van der Waals surface area contributed by atoms with Crippen molar-refractivity contribution in [3.05, 3.63) is 18.0 Å². The highest BCUT2D eigenvalue weighted by atomic mass is 32.2. The maximum atomic E-state index is 4.39. The van der Waals surface area contributed by atoms with E-state index in [4.69, 9.17) is 0 Å². The molecule has 1 N–H and O–H groups in total. The summed E-state index contributed by atoms with van der Waals surface area (Å²) in [5.74, 6) is 0.648. The van der Waals surface area contributed by atoms with Crippen LogP contribution in [0.5, 0.6) is 0 Å². The molecular formula is C13H23N3S. The Hall–Kier alpha value is -0.610. The molecule has 1 heterocycles. The van der Waals surface area contributed by atoms with Gasteiger partial charge in [0.25, 0.3) is 0 Å². The van der Waals surface area contributed by atoms with Gasteiger partial charge in [-0.15, -0.1) is 0 Å². The first-order chi connectivity index (χ1) is 8.13. The van der Waals surface area contributed by atoms with E-state index in [2.05, 4.69) is 43.0 Å². The van der Waals surface area contributed by atoms with E-state index < -0.39 is 0 Å². The SMILES string of the molecule is CCCNCc1cnc(SC(C)C(C)C)nc1. The van der Waals surface area contributed by atoms with Crippen molar-refractivity contribution in [2.24, 2.45) is 5.92 Å². The molecule has 4 heteroatoms. The van der Waals surface area contributed by atoms with Crippen LogP contribution in [0.4, 0.5) is 0 Å². The summed E-state index contributed by atoms with van der Waals surface area (Å²) in [5, 5.41) is 4.78. The lowest BCUT2D eigenvalue weighted by molar-refractivity contribution is 0.639. The van der Waals surface area contributed by atoms with E-state index in [1.54, 1.807) is 11.8 Å². The fraction of sp³-hybridized carbons (Fsp3) is 0.692. The summed E-state index contributed by atoms with van der Waals surface area (Å²) in [6, 6.07) is 0. The number of thioether (sulfide) groups is 1. The topological polar surface area (TPSA) is 37.8 Å². The third-order valence-corrected chi connectivity index (χ3v) is 4.01. The van der Waals surface area contributed by atoms with Gasteiger partial charge in [0.1, 0.15) is 0 Å². The number of rotatable bonds is 7. The number of hydrogen-bond donors (Lipinski definition) is 1. The van der Waals surface area contributed by atoms with Gasteiger partial charge in [-0.3, -0.25) is 0 Å². The van der Waals surface area contributed by atoms with Crippen LogP contribution in [-0.2, 0) is 6.54 Å². The summed E-state index contributed by atoms with van der Waals surface area (Å²) >= 11 is 1.75. The number of nitrogens with zero attached hydrogens (tertiary/aromatic N) is 2. The van der Waals surface area contributed by atoms with E-state index in [9.17, 15) is 0 Å². The zero-order chi connectivity index (χ0) is 12.7. The average Bonchev–Trinajstić information content (AvgIpc) is 2.31. The monoisotopic (exact) mass is 253 g/mol. The van der Waals surface area contributed by atoms with Crippen molar-refractivity contribution in [1.82, 2.24) is 15.3 Å². The van der Waals surface area contributed by atoms with E-state index >= 15 is 0 Å². The largest absolute Gasteiger partial charge is 0.313 e. The highest BCUT2D eigenvalue weighted by Crippen LogP contribution is 2.24. The Balaban J connectivity index is 2.44. The molecule has 96 valence electrons. The number of aromatic nitrogens is 2. The predicted molar refractivity (Wildman–Crippen MR) is 74.2 cm³/mol. The summed E-state index contributed by atoms with van der Waals surface area (Å²) in [4.78, 5) is 8.78. The van der Waals surface area contributed by atoms with Crippen molar-refractivity contribution in [3.8, 4) is 0 Å². The van der Waals surface area contributed by atoms with Gasteiger partial charge < -0.3 is 5.32 Å². The van der Waals surface area contributed by atoms with Crippen LogP contribution in [0.15, 0.2) is 17.6 Å². The van der Waals surface area contributed by atoms with Gasteiger partial charge in [-0.05, 0) is 18.9 Å². The van der Waals surface area contributed by atoms with E-state index in [0.717, 1.165) is 30.2 Å². The second kappa shape index (κ2) is 7.67. The minimum Gasteiger partial charge on any atom is -0.313 e. The van der Waals surface area contributed by atoms with E-state index in [1.807, 2.05) is 12.4 Å². The molecule has 0 saturated heterocycles. The Kier molecular flexibility index (Phi) is 6.52. The van der Waals surface area contributed by atoms with E-state index in [1.165, 1.54) is 0 Å². The predicted octanol–water partition coefficient (Wildman–Crippen LogP) is 3.11. The van der Waals surface area contributed by atoms with Crippen LogP contribution >= 0.6 is 11.8 Å². The molecule has 0 aliphatic carbocycles. The van der Waals surface area contributed by atoms with Gasteiger partial charge in [-0.1, -0.05) is 39.5 Å². The zero-order valence-corrected chi connectivity index (χ0v) is 12.0. The van der Waals surface area contributed by atoms with Crippen molar-refractivity contribution in [2.45, 2.75) is 51.1 Å². The molecule has 0 spiro atoms. The lowest BCUT2D eigenvalue weighted by Gasteiger charge is -2.13. The normalized spacial score (nSPS) is 13.0. The smallest absolute Gasteiger partial charge is 0.187 e. The first-order valence-corrected chi connectivity index (χ1v) is 7.19. The van der Waals surface area contributed by atoms with Gasteiger partial charge in [0, 0.05) is 29.8 Å². The van der Waals surface area contributed by atoms with Gasteiger partial charge in [-0.2, -0.15) is 0 Å². The Morgan fingerprint density at radius 3 is 2.41 bits per heavy atom. The van der Waals surface area contributed by atoms with Crippen molar-refractivity contribution in [3.63, 3.8) is 0 Å². The maximum Gasteiger partial charge on any atom is 0.187 e. The first-order valence-electron chi connectivity index (χ1n) is 6.31. The molecule has 0 aromatic carbocycles. The molecule has 0 bridgehead atoms. The van der Waals surface area contributed by atoms with Crippen LogP contribution in [0.1, 0.15) is 39.7 Å². The molecule has 0 saturated carbocycles. The summed E-state index contributed by atoms with van der Waals surface area (Å²) in [5.41, 5.74) is 1.15. The van der Waals surface area contributed by atoms with Crippen molar-refractivity contribution in [1.29, 1.82) is 0 Å². The van der Waals surface area contributed by atoms with Crippen molar-refractivity contribution in [2.75, 3.05) is 6.54 Å². The third kappa shape index (κ3) is 5.50. The minimum atomic E-state index is 0.555. The zero-order valence-electron chi connectivity index (χ0n) is 11.2. The average molecular weight is 253 g/mol. The molecule has 0 aliphatic heterocycles. The van der Waals surface area contributed by atoms with Crippen LogP contribution < -0.4 is 5.32 Å². The van der Waals surface area contributed by atoms with Gasteiger partial charge >= 0.3 is 0 Å². The van der Waals surface area contributed by atoms with Crippen LogP contribution in [0.25, 0.3) is 0 Å². The quantitative estimate of drug-likeness (QED) is 0.460. The second-order valence-electron chi connectivity index (χ2n) is 4.62. The summed E-state index contributed by atoms with van der Waals surface area (Å²) in [6.07, 6.45) is 5.00. The second-order valence-corrected chi connectivity index (χ2v) is 5.96. The molecule has 1 aromatic heterocycles. The van der Waals surface area contributed by atoms with E-state index in [-0.39, 0.29) is 0 Å². The van der Waals surface area contributed by atoms with Gasteiger partial charge in [0.2, 0.25) is 0 Å². The lowest BCUT2D eigenvalue weighted by atomic mass is 10.2. The first kappa shape index (κ1) is 14.5. The Labute approximate surface area is 109 Å². The molecule has 1 aromatic rings. The lowest BCUT2D eigenvalue weighted by Crippen LogP contribution is -2.14. The molecule has 0 aliphatic rings. The van der Waals surface area contributed by atoms with Crippen LogP contribution in [-0.4, -0.2) is 21.8 Å². The summed E-state index contributed by atoms with van der Waals surface area (Å²) in [6.45, 7) is 10.7. The standard InChI is InChI=1S/C13H23N3S/c1-5-6-14-7-12-8-15-13(16-9-12)17-11(4)10(2)3/h8-11,14H,5-7H2,1-4H3. The molecule has 1 atom stereocenters. The van der Waals surface area contributed by atoms with Gasteiger partial charge in [-0.25, -0.2) is 9.97 Å². The molecule has 0 radical (unpaired) electrons. The third-order valence-electron chi connectivity index (χ3n) is 2.67. The van der Waals surface area contributed by atoms with Gasteiger partial charge in [0.15, 0.2) is 5.16 Å². The summed E-state index contributed by atoms with van der Waals surface area (Å²) < 4.78 is 0. The molecular weight excluding hydrogens is 230 g/mol. The van der Waals surface area contributed by atoms with E-state index in [0.29, 0.717) is 11.2 Å². The maximum absolute atomic E-state index is 4.39.